The fourth-order valence-electron chi connectivity index (χ4n) is 5.29. The van der Waals surface area contributed by atoms with E-state index in [1.54, 1.807) is 4.31 Å². The van der Waals surface area contributed by atoms with Crippen LogP contribution in [0.25, 0.3) is 0 Å². The van der Waals surface area contributed by atoms with Gasteiger partial charge in [0, 0.05) is 39.8 Å². The van der Waals surface area contributed by atoms with Crippen LogP contribution in [0.5, 0.6) is 0 Å². The summed E-state index contributed by atoms with van der Waals surface area (Å²) in [5.74, 6) is 1.57. The number of hydrogen-bond acceptors (Lipinski definition) is 3. The number of nitrogens with zero attached hydrogens (tertiary/aromatic N) is 3. The van der Waals surface area contributed by atoms with Crippen LogP contribution >= 0.6 is 0 Å². The third kappa shape index (κ3) is 5.59. The van der Waals surface area contributed by atoms with Gasteiger partial charge in [0.1, 0.15) is 0 Å². The zero-order valence-electron chi connectivity index (χ0n) is 17.3. The van der Waals surface area contributed by atoms with Crippen LogP contribution in [-0.2, 0) is 10.0 Å². The fourth-order valence-corrected chi connectivity index (χ4v) is 6.16. The lowest BCUT2D eigenvalue weighted by atomic mass is 9.74. The van der Waals surface area contributed by atoms with Gasteiger partial charge in [-0.15, -0.1) is 0 Å². The molecule has 1 N–H and O–H groups in total. The molecule has 0 amide bonds. The molecule has 2 saturated heterocycles. The zero-order valence-corrected chi connectivity index (χ0v) is 18.1. The highest BCUT2D eigenvalue weighted by Crippen LogP contribution is 2.42. The molecular weight excluding hydrogens is 360 g/mol. The highest BCUT2D eigenvalue weighted by Gasteiger charge is 2.36. The molecule has 0 aromatic carbocycles. The minimum absolute atomic E-state index is 0.507. The number of piperidine rings is 2. The minimum atomic E-state index is -3.04. The molecule has 3 rings (SSSR count). The van der Waals surface area contributed by atoms with Gasteiger partial charge in [-0.25, -0.2) is 12.7 Å². The summed E-state index contributed by atoms with van der Waals surface area (Å²) in [5.41, 5.74) is 0.507. The first-order valence-corrected chi connectivity index (χ1v) is 12.7. The molecule has 3 aliphatic rings. The van der Waals surface area contributed by atoms with Gasteiger partial charge in [-0.1, -0.05) is 25.7 Å². The predicted molar refractivity (Wildman–Crippen MR) is 111 cm³/mol. The van der Waals surface area contributed by atoms with Crippen molar-refractivity contribution in [2.75, 3.05) is 46.0 Å². The smallest absolute Gasteiger partial charge is 0.211 e. The molecule has 6 nitrogen and oxygen atoms in total. The van der Waals surface area contributed by atoms with Crippen LogP contribution in [0.4, 0.5) is 0 Å². The molecule has 0 bridgehead atoms. The molecule has 2 heterocycles. The second kappa shape index (κ2) is 9.12. The third-order valence-electron chi connectivity index (χ3n) is 6.93. The van der Waals surface area contributed by atoms with E-state index in [2.05, 4.69) is 15.2 Å². The predicted octanol–water partition coefficient (Wildman–Crippen LogP) is 2.67. The average molecular weight is 399 g/mol. The minimum Gasteiger partial charge on any atom is -0.356 e. The zero-order chi connectivity index (χ0) is 19.3. The lowest BCUT2D eigenvalue weighted by Gasteiger charge is -2.44. The van der Waals surface area contributed by atoms with E-state index in [0.717, 1.165) is 38.4 Å². The van der Waals surface area contributed by atoms with Crippen LogP contribution in [0.2, 0.25) is 0 Å². The number of nitrogens with one attached hydrogen (secondary N) is 1. The Labute approximate surface area is 165 Å². The van der Waals surface area contributed by atoms with Gasteiger partial charge in [0.2, 0.25) is 10.0 Å². The maximum Gasteiger partial charge on any atom is 0.211 e. The molecule has 0 aromatic heterocycles. The molecule has 1 saturated carbocycles. The van der Waals surface area contributed by atoms with E-state index in [1.165, 1.54) is 57.6 Å². The van der Waals surface area contributed by atoms with E-state index >= 15 is 0 Å². The van der Waals surface area contributed by atoms with Crippen molar-refractivity contribution in [1.82, 2.24) is 14.5 Å². The Morgan fingerprint density at radius 1 is 1.04 bits per heavy atom. The Balaban J connectivity index is 1.50. The number of sulfonamides is 1. The van der Waals surface area contributed by atoms with Crippen molar-refractivity contribution >= 4 is 16.0 Å². The fraction of sp³-hybridized carbons (Fsp3) is 0.950. The highest BCUT2D eigenvalue weighted by molar-refractivity contribution is 7.88. The third-order valence-corrected chi connectivity index (χ3v) is 8.23. The lowest BCUT2D eigenvalue weighted by molar-refractivity contribution is 0.115. The summed E-state index contributed by atoms with van der Waals surface area (Å²) in [5, 5.41) is 3.61. The monoisotopic (exact) mass is 398 g/mol. The number of rotatable bonds is 3. The van der Waals surface area contributed by atoms with Crippen LogP contribution in [0.15, 0.2) is 4.99 Å². The first kappa shape index (κ1) is 20.9. The van der Waals surface area contributed by atoms with E-state index in [1.807, 2.05) is 7.05 Å². The van der Waals surface area contributed by atoms with Crippen molar-refractivity contribution in [2.24, 2.45) is 16.3 Å². The van der Waals surface area contributed by atoms with Crippen LogP contribution in [0, 0.1) is 11.3 Å². The standard InChI is InChI=1S/C20H38N4O2S/c1-21-19(22-16-18-8-14-24(15-9-18)27(2,25)26)23-13-7-12-20(17-23)10-5-3-4-6-11-20/h18H,3-17H2,1-2H3,(H,21,22). The van der Waals surface area contributed by atoms with Crippen LogP contribution in [-0.4, -0.2) is 69.6 Å². The molecule has 1 aliphatic carbocycles. The second-order valence-electron chi connectivity index (χ2n) is 8.97. The van der Waals surface area contributed by atoms with E-state index in [9.17, 15) is 8.42 Å². The number of likely N-dealkylation sites (tertiary alicyclic amines) is 1. The molecule has 0 radical (unpaired) electrons. The second-order valence-corrected chi connectivity index (χ2v) is 11.0. The van der Waals surface area contributed by atoms with Crippen LogP contribution in [0.3, 0.4) is 0 Å². The lowest BCUT2D eigenvalue weighted by Crippen LogP contribution is -2.51. The number of guanidine groups is 1. The van der Waals surface area contributed by atoms with E-state index in [4.69, 9.17) is 0 Å². The van der Waals surface area contributed by atoms with Crippen molar-refractivity contribution < 1.29 is 8.42 Å². The topological polar surface area (TPSA) is 65.0 Å². The molecule has 3 fully saturated rings. The summed E-state index contributed by atoms with van der Waals surface area (Å²) in [4.78, 5) is 7.06. The van der Waals surface area contributed by atoms with Gasteiger partial charge in [0.25, 0.3) is 0 Å². The summed E-state index contributed by atoms with van der Waals surface area (Å²) in [6, 6.07) is 0. The Morgan fingerprint density at radius 2 is 1.67 bits per heavy atom. The molecule has 27 heavy (non-hydrogen) atoms. The molecule has 1 spiro atoms. The highest BCUT2D eigenvalue weighted by atomic mass is 32.2. The molecule has 156 valence electrons. The molecule has 0 unspecified atom stereocenters. The molecule has 7 heteroatoms. The summed E-state index contributed by atoms with van der Waals surface area (Å²) < 4.78 is 24.9. The van der Waals surface area contributed by atoms with Crippen molar-refractivity contribution in [3.63, 3.8) is 0 Å². The van der Waals surface area contributed by atoms with Gasteiger partial charge in [-0.2, -0.15) is 0 Å². The number of aliphatic imine (C=N–C) groups is 1. The van der Waals surface area contributed by atoms with Crippen molar-refractivity contribution in [1.29, 1.82) is 0 Å². The summed E-state index contributed by atoms with van der Waals surface area (Å²) in [7, 11) is -1.15. The van der Waals surface area contributed by atoms with E-state index in [-0.39, 0.29) is 0 Å². The maximum absolute atomic E-state index is 11.7. The first-order chi connectivity index (χ1) is 12.9. The van der Waals surface area contributed by atoms with Gasteiger partial charge in [-0.3, -0.25) is 4.99 Å². The Kier molecular flexibility index (Phi) is 7.06. The molecule has 0 aromatic rings. The van der Waals surface area contributed by atoms with Crippen molar-refractivity contribution in [3.8, 4) is 0 Å². The van der Waals surface area contributed by atoms with E-state index in [0.29, 0.717) is 24.4 Å². The maximum atomic E-state index is 11.7. The quantitative estimate of drug-likeness (QED) is 0.586. The summed E-state index contributed by atoms with van der Waals surface area (Å²) in [6.07, 6.45) is 14.2. The van der Waals surface area contributed by atoms with E-state index < -0.39 is 10.0 Å². The van der Waals surface area contributed by atoms with Gasteiger partial charge in [0.15, 0.2) is 5.96 Å². The Morgan fingerprint density at radius 3 is 2.26 bits per heavy atom. The van der Waals surface area contributed by atoms with Crippen LogP contribution < -0.4 is 5.32 Å². The first-order valence-electron chi connectivity index (χ1n) is 10.8. The van der Waals surface area contributed by atoms with Gasteiger partial charge in [-0.05, 0) is 49.9 Å². The van der Waals surface area contributed by atoms with Crippen LogP contribution in [0.1, 0.15) is 64.2 Å². The largest absolute Gasteiger partial charge is 0.356 e. The van der Waals surface area contributed by atoms with Gasteiger partial charge >= 0.3 is 0 Å². The van der Waals surface area contributed by atoms with Gasteiger partial charge < -0.3 is 10.2 Å². The van der Waals surface area contributed by atoms with Crippen molar-refractivity contribution in [2.45, 2.75) is 64.2 Å². The normalized spacial score (nSPS) is 26.1. The molecule has 2 aliphatic heterocycles. The Bertz CT molecular complexity index is 603. The molecular formula is C20H38N4O2S. The summed E-state index contributed by atoms with van der Waals surface area (Å²) >= 11 is 0. The SMILES string of the molecule is CN=C(NCC1CCN(S(C)(=O)=O)CC1)N1CCCC2(CCCCCC2)C1. The Hall–Kier alpha value is -0.820. The average Bonchev–Trinajstić information content (AvgIpc) is 2.87. The summed E-state index contributed by atoms with van der Waals surface area (Å²) in [6.45, 7) is 4.45. The molecule has 0 atom stereocenters. The van der Waals surface area contributed by atoms with Crippen molar-refractivity contribution in [3.05, 3.63) is 0 Å². The van der Waals surface area contributed by atoms with Gasteiger partial charge in [0.05, 0.1) is 6.26 Å². The number of hydrogen-bond donors (Lipinski definition) is 1.